The third-order valence-corrected chi connectivity index (χ3v) is 4.61. The first-order valence-electron chi connectivity index (χ1n) is 9.37. The zero-order valence-electron chi connectivity index (χ0n) is 16.6. The Kier molecular flexibility index (Phi) is 6.38. The molecule has 0 spiro atoms. The third-order valence-electron chi connectivity index (χ3n) is 4.61. The molecule has 1 atom stereocenters. The minimum atomic E-state index is -0.813. The van der Waals surface area contributed by atoms with Crippen LogP contribution in [0.3, 0.4) is 0 Å². The minimum absolute atomic E-state index is 0.0759. The number of ether oxygens (including phenoxy) is 3. The fourth-order valence-electron chi connectivity index (χ4n) is 3.30. The summed E-state index contributed by atoms with van der Waals surface area (Å²) < 4.78 is 30.0. The molecular weight excluding hydrogens is 387 g/mol. The highest BCUT2D eigenvalue weighted by atomic mass is 19.1. The van der Waals surface area contributed by atoms with Gasteiger partial charge in [-0.3, -0.25) is 0 Å². The molecule has 0 aromatic heterocycles. The van der Waals surface area contributed by atoms with Gasteiger partial charge >= 0.3 is 5.97 Å². The number of hydrogen-bond acceptors (Lipinski definition) is 6. The summed E-state index contributed by atoms with van der Waals surface area (Å²) in [6, 6.07) is 15.1. The standard InChI is InChI=1S/C23H21FN2O4/c1-3-28-23(27)20-14(2)30-22(26)18(12-25)21(20)17-9-4-5-10-19(17)29-13-15-7-6-8-16(24)11-15/h4-11,21H,3,13,26H2,1-2H3/t21-/m0/s1. The molecule has 2 N–H and O–H groups in total. The number of rotatable bonds is 6. The molecule has 1 aliphatic rings. The second-order valence-corrected chi connectivity index (χ2v) is 6.57. The van der Waals surface area contributed by atoms with E-state index in [9.17, 15) is 14.4 Å². The number of benzene rings is 2. The van der Waals surface area contributed by atoms with Crippen molar-refractivity contribution >= 4 is 5.97 Å². The number of carbonyl (C=O) groups is 1. The van der Waals surface area contributed by atoms with Crippen LogP contribution in [0.25, 0.3) is 0 Å². The number of nitrogens with two attached hydrogens (primary N) is 1. The van der Waals surface area contributed by atoms with Crippen molar-refractivity contribution in [1.82, 2.24) is 0 Å². The smallest absolute Gasteiger partial charge is 0.338 e. The van der Waals surface area contributed by atoms with Crippen molar-refractivity contribution in [3.05, 3.63) is 88.3 Å². The van der Waals surface area contributed by atoms with Crippen molar-refractivity contribution in [1.29, 1.82) is 5.26 Å². The van der Waals surface area contributed by atoms with Gasteiger partial charge in [-0.25, -0.2) is 9.18 Å². The Bertz CT molecular complexity index is 1070. The molecule has 1 aliphatic heterocycles. The quantitative estimate of drug-likeness (QED) is 0.725. The highest BCUT2D eigenvalue weighted by Crippen LogP contribution is 2.43. The SMILES string of the molecule is CCOC(=O)C1=C(C)OC(N)=C(C#N)[C@@H]1c1ccccc1OCc1cccc(F)c1. The van der Waals surface area contributed by atoms with Crippen LogP contribution >= 0.6 is 0 Å². The molecule has 0 unspecified atom stereocenters. The van der Waals surface area contributed by atoms with Crippen LogP contribution in [-0.4, -0.2) is 12.6 Å². The van der Waals surface area contributed by atoms with Gasteiger partial charge in [0.15, 0.2) is 0 Å². The second-order valence-electron chi connectivity index (χ2n) is 6.57. The van der Waals surface area contributed by atoms with Crippen molar-refractivity contribution in [2.75, 3.05) is 6.61 Å². The third kappa shape index (κ3) is 4.28. The van der Waals surface area contributed by atoms with Crippen LogP contribution < -0.4 is 10.5 Å². The van der Waals surface area contributed by atoms with Gasteiger partial charge in [0, 0.05) is 5.56 Å². The first-order chi connectivity index (χ1) is 14.5. The molecule has 2 aromatic carbocycles. The van der Waals surface area contributed by atoms with Gasteiger partial charge in [0.25, 0.3) is 0 Å². The lowest BCUT2D eigenvalue weighted by Gasteiger charge is -2.28. The van der Waals surface area contributed by atoms with E-state index < -0.39 is 11.9 Å². The summed E-state index contributed by atoms with van der Waals surface area (Å²) in [6.45, 7) is 3.56. The Hall–Kier alpha value is -3.79. The van der Waals surface area contributed by atoms with Crippen LogP contribution in [0.2, 0.25) is 0 Å². The van der Waals surface area contributed by atoms with Crippen LogP contribution in [-0.2, 0) is 20.9 Å². The van der Waals surface area contributed by atoms with Gasteiger partial charge in [-0.15, -0.1) is 0 Å². The molecule has 0 saturated heterocycles. The number of para-hydroxylation sites is 1. The fourth-order valence-corrected chi connectivity index (χ4v) is 3.30. The highest BCUT2D eigenvalue weighted by Gasteiger charge is 2.37. The molecule has 30 heavy (non-hydrogen) atoms. The van der Waals surface area contributed by atoms with Crippen molar-refractivity contribution in [2.45, 2.75) is 26.4 Å². The molecule has 2 aromatic rings. The van der Waals surface area contributed by atoms with Gasteiger partial charge in [0.2, 0.25) is 5.88 Å². The summed E-state index contributed by atoms with van der Waals surface area (Å²) in [5, 5.41) is 9.71. The molecular formula is C23H21FN2O4. The zero-order chi connectivity index (χ0) is 21.7. The summed E-state index contributed by atoms with van der Waals surface area (Å²) in [5.74, 6) is -1.15. The Morgan fingerprint density at radius 2 is 2.03 bits per heavy atom. The lowest BCUT2D eigenvalue weighted by atomic mass is 9.82. The number of allylic oxidation sites excluding steroid dienone is 2. The van der Waals surface area contributed by atoms with E-state index in [4.69, 9.17) is 19.9 Å². The summed E-state index contributed by atoms with van der Waals surface area (Å²) in [5.41, 5.74) is 7.41. The molecule has 7 heteroatoms. The summed E-state index contributed by atoms with van der Waals surface area (Å²) in [6.07, 6.45) is 0. The highest BCUT2D eigenvalue weighted by molar-refractivity contribution is 5.92. The normalized spacial score (nSPS) is 16.0. The molecule has 0 aliphatic carbocycles. The number of nitriles is 1. The number of hydrogen-bond donors (Lipinski definition) is 1. The van der Waals surface area contributed by atoms with Crippen LogP contribution in [0, 0.1) is 17.1 Å². The molecule has 1 heterocycles. The van der Waals surface area contributed by atoms with E-state index in [2.05, 4.69) is 0 Å². The Morgan fingerprint density at radius 1 is 1.27 bits per heavy atom. The van der Waals surface area contributed by atoms with E-state index >= 15 is 0 Å². The molecule has 0 amide bonds. The van der Waals surface area contributed by atoms with E-state index in [1.165, 1.54) is 12.1 Å². The van der Waals surface area contributed by atoms with Crippen molar-refractivity contribution < 1.29 is 23.4 Å². The maximum Gasteiger partial charge on any atom is 0.338 e. The van der Waals surface area contributed by atoms with Gasteiger partial charge in [-0.2, -0.15) is 5.26 Å². The Balaban J connectivity index is 2.03. The van der Waals surface area contributed by atoms with Crippen LogP contribution in [0.5, 0.6) is 5.75 Å². The van der Waals surface area contributed by atoms with Gasteiger partial charge < -0.3 is 19.9 Å². The predicted molar refractivity (Wildman–Crippen MR) is 107 cm³/mol. The van der Waals surface area contributed by atoms with E-state index in [-0.39, 0.29) is 41.8 Å². The number of nitrogens with zero attached hydrogens (tertiary/aromatic N) is 1. The molecule has 0 fully saturated rings. The van der Waals surface area contributed by atoms with Crippen LogP contribution in [0.15, 0.2) is 71.3 Å². The first-order valence-corrected chi connectivity index (χ1v) is 9.37. The van der Waals surface area contributed by atoms with Crippen molar-refractivity contribution in [3.8, 4) is 11.8 Å². The van der Waals surface area contributed by atoms with Gasteiger partial charge in [0.05, 0.1) is 18.1 Å². The Labute approximate surface area is 174 Å². The van der Waals surface area contributed by atoms with E-state index in [0.29, 0.717) is 16.9 Å². The topological polar surface area (TPSA) is 94.6 Å². The maximum absolute atomic E-state index is 13.5. The molecule has 6 nitrogen and oxygen atoms in total. The van der Waals surface area contributed by atoms with Gasteiger partial charge in [0.1, 0.15) is 35.6 Å². The largest absolute Gasteiger partial charge is 0.489 e. The number of halogens is 1. The first kappa shape index (κ1) is 20.9. The van der Waals surface area contributed by atoms with Crippen LogP contribution in [0.4, 0.5) is 4.39 Å². The van der Waals surface area contributed by atoms with Gasteiger partial charge in [-0.05, 0) is 37.6 Å². The van der Waals surface area contributed by atoms with E-state index in [1.54, 1.807) is 50.2 Å². The average molecular weight is 408 g/mol. The molecule has 3 rings (SSSR count). The monoisotopic (exact) mass is 408 g/mol. The van der Waals surface area contributed by atoms with Crippen molar-refractivity contribution in [2.24, 2.45) is 5.73 Å². The molecule has 154 valence electrons. The lowest BCUT2D eigenvalue weighted by Crippen LogP contribution is -2.26. The summed E-state index contributed by atoms with van der Waals surface area (Å²) >= 11 is 0. The van der Waals surface area contributed by atoms with E-state index in [0.717, 1.165) is 0 Å². The predicted octanol–water partition coefficient (Wildman–Crippen LogP) is 4.05. The lowest BCUT2D eigenvalue weighted by molar-refractivity contribution is -0.139. The molecule has 0 saturated carbocycles. The number of esters is 1. The maximum atomic E-state index is 13.5. The summed E-state index contributed by atoms with van der Waals surface area (Å²) in [4.78, 5) is 12.7. The summed E-state index contributed by atoms with van der Waals surface area (Å²) in [7, 11) is 0. The average Bonchev–Trinajstić information content (AvgIpc) is 2.72. The second kappa shape index (κ2) is 9.14. The van der Waals surface area contributed by atoms with Crippen molar-refractivity contribution in [3.63, 3.8) is 0 Å². The van der Waals surface area contributed by atoms with Gasteiger partial charge in [-0.1, -0.05) is 30.3 Å². The fraction of sp³-hybridized carbons (Fsp3) is 0.217. The van der Waals surface area contributed by atoms with E-state index in [1.807, 2.05) is 6.07 Å². The molecule has 0 bridgehead atoms. The minimum Gasteiger partial charge on any atom is -0.489 e. The zero-order valence-corrected chi connectivity index (χ0v) is 16.6. The molecule has 0 radical (unpaired) electrons. The van der Waals surface area contributed by atoms with Crippen LogP contribution in [0.1, 0.15) is 30.9 Å². The Morgan fingerprint density at radius 3 is 2.73 bits per heavy atom. The number of carbonyl (C=O) groups excluding carboxylic acids is 1.